The van der Waals surface area contributed by atoms with Crippen molar-refractivity contribution in [1.82, 2.24) is 29.9 Å². The highest BCUT2D eigenvalue weighted by molar-refractivity contribution is 6.25. The van der Waals surface area contributed by atoms with Gasteiger partial charge in [0.05, 0.1) is 11.1 Å². The Morgan fingerprint density at radius 3 is 1.10 bits per heavy atom. The normalized spacial score (nSPS) is 11.6. The van der Waals surface area contributed by atoms with E-state index in [2.05, 4.69) is 291 Å². The van der Waals surface area contributed by atoms with Gasteiger partial charge in [-0.15, -0.1) is 0 Å². The monoisotopic (exact) mass is 1400 g/mol. The molecule has 0 aliphatic carbocycles. The highest BCUT2D eigenvalue weighted by Crippen LogP contribution is 2.49. The lowest BCUT2D eigenvalue weighted by molar-refractivity contribution is 0.669. The maximum atomic E-state index is 7.10. The van der Waals surface area contributed by atoms with Crippen molar-refractivity contribution in [3.8, 4) is 146 Å². The largest absolute Gasteiger partial charge is 0.455 e. The van der Waals surface area contributed by atoms with Gasteiger partial charge in [0.25, 0.3) is 0 Å². The third kappa shape index (κ3) is 11.1. The zero-order valence-corrected chi connectivity index (χ0v) is 59.3. The van der Waals surface area contributed by atoms with E-state index >= 15 is 0 Å². The molecule has 0 N–H and O–H groups in total. The molecule has 0 amide bonds. The maximum Gasteiger partial charge on any atom is 0.167 e. The van der Waals surface area contributed by atoms with E-state index in [1.807, 2.05) is 84.9 Å². The predicted molar refractivity (Wildman–Crippen MR) is 451 cm³/mol. The molecule has 21 rings (SSSR count). The van der Waals surface area contributed by atoms with Crippen molar-refractivity contribution in [2.45, 2.75) is 0 Å². The van der Waals surface area contributed by atoms with Crippen molar-refractivity contribution in [2.75, 3.05) is 0 Å². The fourth-order valence-electron chi connectivity index (χ4n) is 16.3. The summed E-state index contributed by atoms with van der Waals surface area (Å²) in [5.41, 5.74) is 23.3. The molecule has 0 aliphatic rings. The molecule has 0 fully saturated rings. The molecule has 4 heterocycles. The molecule has 8 heteroatoms. The van der Waals surface area contributed by atoms with Crippen molar-refractivity contribution in [3.05, 3.63) is 376 Å². The second kappa shape index (κ2) is 26.6. The van der Waals surface area contributed by atoms with Crippen molar-refractivity contribution in [1.29, 1.82) is 0 Å². The molecule has 0 radical (unpaired) electrons. The Morgan fingerprint density at radius 2 is 0.518 bits per heavy atom. The second-order valence-electron chi connectivity index (χ2n) is 27.9. The summed E-state index contributed by atoms with van der Waals surface area (Å²) < 4.78 is 14.1. The molecule has 17 aromatic carbocycles. The van der Waals surface area contributed by atoms with E-state index in [4.69, 9.17) is 38.7 Å². The number of furan rings is 2. The molecular weight excluding hydrogens is 1340 g/mol. The van der Waals surface area contributed by atoms with Crippen LogP contribution in [-0.2, 0) is 0 Å². The molecule has 0 atom stereocenters. The van der Waals surface area contributed by atoms with Crippen LogP contribution in [0.1, 0.15) is 0 Å². The molecule has 8 nitrogen and oxygen atoms in total. The summed E-state index contributed by atoms with van der Waals surface area (Å²) in [6.45, 7) is 0. The smallest absolute Gasteiger partial charge is 0.167 e. The lowest BCUT2D eigenvalue weighted by atomic mass is 9.83. The van der Waals surface area contributed by atoms with Gasteiger partial charge in [0.15, 0.2) is 34.9 Å². The maximum absolute atomic E-state index is 7.10. The van der Waals surface area contributed by atoms with Gasteiger partial charge in [-0.3, -0.25) is 0 Å². The molecule has 110 heavy (non-hydrogen) atoms. The molecule has 0 spiro atoms. The summed E-state index contributed by atoms with van der Waals surface area (Å²) in [4.78, 5) is 32.1. The van der Waals surface area contributed by atoms with Gasteiger partial charge in [0.1, 0.15) is 22.3 Å². The number of hydrogen-bond acceptors (Lipinski definition) is 8. The van der Waals surface area contributed by atoms with Crippen LogP contribution in [0.15, 0.2) is 385 Å². The van der Waals surface area contributed by atoms with Crippen molar-refractivity contribution in [3.63, 3.8) is 0 Å². The van der Waals surface area contributed by atoms with E-state index < -0.39 is 0 Å². The summed E-state index contributed by atoms with van der Waals surface area (Å²) in [6.07, 6.45) is 0. The lowest BCUT2D eigenvalue weighted by Gasteiger charge is -2.20. The topological polar surface area (TPSA) is 104 Å². The van der Waals surface area contributed by atoms with Crippen LogP contribution in [0.2, 0.25) is 0 Å². The first-order valence-electron chi connectivity index (χ1n) is 37.0. The molecule has 512 valence electrons. The fourth-order valence-corrected chi connectivity index (χ4v) is 16.3. The lowest BCUT2D eigenvalue weighted by Crippen LogP contribution is -2.01. The average molecular weight is 1400 g/mol. The first-order chi connectivity index (χ1) is 54.5. The van der Waals surface area contributed by atoms with Gasteiger partial charge in [0, 0.05) is 43.8 Å². The van der Waals surface area contributed by atoms with Crippen LogP contribution < -0.4 is 0 Å². The molecule has 21 aromatic rings. The Bertz CT molecular complexity index is 7120. The van der Waals surface area contributed by atoms with E-state index in [1.54, 1.807) is 0 Å². The van der Waals surface area contributed by atoms with Crippen LogP contribution in [0.4, 0.5) is 0 Å². The van der Waals surface area contributed by atoms with Gasteiger partial charge < -0.3 is 8.83 Å². The first-order valence-corrected chi connectivity index (χ1v) is 37.0. The Balaban J connectivity index is 0.690. The van der Waals surface area contributed by atoms with Gasteiger partial charge in [-0.2, -0.15) is 0 Å². The van der Waals surface area contributed by atoms with Crippen LogP contribution in [-0.4, -0.2) is 29.9 Å². The minimum absolute atomic E-state index is 0.461. The standard InChI is InChI=1S/C102H62N6O2/c1-5-26-63(27-6-1)71-34-25-35-72(60-71)75-37-14-13-36-74(75)65-48-52-69(53-49-65)99-103-97(67-30-9-3-10-31-67)105-101(106-99)87-59-57-77(94-86-45-22-24-47-91(86)110-96(87)94)73-61-88-80-40-21-23-46-90(80)109-95(88)89(62-73)102-107-98(68-32-11-4-12-33-68)104-100(108-102)70-54-50-66(51-55-70)92-81-41-17-19-43-83(81)93(84-44-20-18-42-82(84)92)85-58-56-76(64-28-7-2-8-29-64)78-38-15-16-39-79(78)85/h1-62H. The Labute approximate surface area is 633 Å². The Kier molecular flexibility index (Phi) is 15.4. The molecule has 0 saturated heterocycles. The number of para-hydroxylation sites is 2. The molecular formula is C102H62N6O2. The third-order valence-electron chi connectivity index (χ3n) is 21.4. The van der Waals surface area contributed by atoms with E-state index in [-0.39, 0.29) is 0 Å². The minimum Gasteiger partial charge on any atom is -0.455 e. The van der Waals surface area contributed by atoms with Crippen LogP contribution in [0.3, 0.4) is 0 Å². The Morgan fingerprint density at radius 1 is 0.155 bits per heavy atom. The minimum atomic E-state index is 0.461. The zero-order valence-electron chi connectivity index (χ0n) is 59.3. The molecule has 0 saturated carbocycles. The predicted octanol–water partition coefficient (Wildman–Crippen LogP) is 27.0. The molecule has 4 aromatic heterocycles. The molecule has 0 aliphatic heterocycles. The highest BCUT2D eigenvalue weighted by Gasteiger charge is 2.27. The van der Waals surface area contributed by atoms with Crippen LogP contribution in [0, 0.1) is 0 Å². The van der Waals surface area contributed by atoms with Gasteiger partial charge in [0.2, 0.25) is 0 Å². The fraction of sp³-hybridized carbons (Fsp3) is 0. The van der Waals surface area contributed by atoms with Gasteiger partial charge in [-0.1, -0.05) is 340 Å². The first kappa shape index (κ1) is 63.6. The number of aromatic nitrogens is 6. The van der Waals surface area contributed by atoms with Crippen LogP contribution in [0.25, 0.3) is 222 Å². The average Bonchev–Trinajstić information content (AvgIpc) is 1.23. The van der Waals surface area contributed by atoms with E-state index in [1.165, 1.54) is 65.7 Å². The highest BCUT2D eigenvalue weighted by atomic mass is 16.3. The number of nitrogens with zero attached hydrogens (tertiary/aromatic N) is 6. The van der Waals surface area contributed by atoms with Crippen molar-refractivity contribution < 1.29 is 8.83 Å². The van der Waals surface area contributed by atoms with E-state index in [9.17, 15) is 0 Å². The molecule has 0 bridgehead atoms. The summed E-state index contributed by atoms with van der Waals surface area (Å²) in [5.74, 6) is 3.06. The van der Waals surface area contributed by atoms with Gasteiger partial charge in [-0.05, 0) is 147 Å². The van der Waals surface area contributed by atoms with Crippen molar-refractivity contribution in [2.24, 2.45) is 0 Å². The summed E-state index contributed by atoms with van der Waals surface area (Å²) in [7, 11) is 0. The number of fused-ring (bicyclic) bond motifs is 9. The van der Waals surface area contributed by atoms with Crippen molar-refractivity contribution >= 4 is 76.2 Å². The van der Waals surface area contributed by atoms with E-state index in [0.717, 1.165) is 105 Å². The number of benzene rings is 17. The number of hydrogen-bond donors (Lipinski definition) is 0. The second-order valence-corrected chi connectivity index (χ2v) is 27.9. The van der Waals surface area contributed by atoms with Gasteiger partial charge >= 0.3 is 0 Å². The van der Waals surface area contributed by atoms with Crippen LogP contribution >= 0.6 is 0 Å². The van der Waals surface area contributed by atoms with Crippen LogP contribution in [0.5, 0.6) is 0 Å². The quantitative estimate of drug-likeness (QED) is 0.105. The molecule has 0 unspecified atom stereocenters. The SMILES string of the molecule is c1ccc(-c2cccc(-c3ccccc3-c3ccc(-c4nc(-c5ccccc5)nc(-c5ccc(-c6cc(-c7nc(-c8ccccc8)nc(-c8ccc(-c9c%10ccccc%10c(-c%10ccc(-c%11ccccc%11)c%11ccccc%10%11)c%10ccccc9%10)cc8)n7)c7oc8ccccc8c7c6)c6c5oc5ccccc56)n4)cc3)c2)cc1. The Hall–Kier alpha value is -14.9. The van der Waals surface area contributed by atoms with Gasteiger partial charge in [-0.25, -0.2) is 29.9 Å². The summed E-state index contributed by atoms with van der Waals surface area (Å²) in [5, 5.41) is 10.8. The summed E-state index contributed by atoms with van der Waals surface area (Å²) >= 11 is 0. The summed E-state index contributed by atoms with van der Waals surface area (Å²) in [6, 6.07) is 132. The third-order valence-corrected chi connectivity index (χ3v) is 21.4. The number of rotatable bonds is 13. The zero-order chi connectivity index (χ0) is 72.6. The van der Waals surface area contributed by atoms with E-state index in [0.29, 0.717) is 51.7 Å².